The van der Waals surface area contributed by atoms with Gasteiger partial charge in [-0.25, -0.2) is 0 Å². The number of aromatic nitrogens is 1. The molecule has 1 atom stereocenters. The summed E-state index contributed by atoms with van der Waals surface area (Å²) in [7, 11) is 1.40. The Morgan fingerprint density at radius 3 is 2.54 bits per heavy atom. The number of carbonyl (C=O) groups is 2. The minimum atomic E-state index is -0.267. The van der Waals surface area contributed by atoms with Crippen molar-refractivity contribution in [1.82, 2.24) is 5.16 Å². The van der Waals surface area contributed by atoms with Gasteiger partial charge in [-0.1, -0.05) is 36.7 Å². The molecule has 190 valence electrons. The van der Waals surface area contributed by atoms with Crippen LogP contribution in [-0.2, 0) is 14.3 Å². The second-order valence-electron chi connectivity index (χ2n) is 11.2. The molecule has 4 rings (SSSR count). The Hall–Kier alpha value is -2.63. The quantitative estimate of drug-likeness (QED) is 0.359. The molecule has 0 saturated heterocycles. The number of esters is 1. The number of ether oxygens (including phenoxy) is 1. The number of hydrogen-bond acceptors (Lipinski definition) is 5. The Morgan fingerprint density at radius 1 is 1.17 bits per heavy atom. The van der Waals surface area contributed by atoms with Gasteiger partial charge in [-0.15, -0.1) is 0 Å². The summed E-state index contributed by atoms with van der Waals surface area (Å²) in [6, 6.07) is 6.00. The van der Waals surface area contributed by atoms with Crippen LogP contribution >= 0.6 is 0 Å². The monoisotopic (exact) mass is 480 g/mol. The van der Waals surface area contributed by atoms with Crippen molar-refractivity contribution in [3.63, 3.8) is 0 Å². The Kier molecular flexibility index (Phi) is 7.98. The van der Waals surface area contributed by atoms with Gasteiger partial charge in [-0.2, -0.15) is 0 Å². The van der Waals surface area contributed by atoms with Gasteiger partial charge in [0, 0.05) is 35.9 Å². The Labute approximate surface area is 209 Å². The summed E-state index contributed by atoms with van der Waals surface area (Å²) >= 11 is 0. The summed E-state index contributed by atoms with van der Waals surface area (Å²) in [6.45, 7) is 8.60. The molecule has 35 heavy (non-hydrogen) atoms. The van der Waals surface area contributed by atoms with Crippen molar-refractivity contribution in [2.45, 2.75) is 96.8 Å². The van der Waals surface area contributed by atoms with E-state index in [1.807, 2.05) is 26.0 Å². The van der Waals surface area contributed by atoms with Crippen LogP contribution in [0, 0.1) is 25.7 Å². The van der Waals surface area contributed by atoms with Crippen molar-refractivity contribution < 1.29 is 18.8 Å². The zero-order chi connectivity index (χ0) is 25.1. The fraction of sp³-hybridized carbons (Fsp3) is 0.621. The topological polar surface area (TPSA) is 81.4 Å². The average Bonchev–Trinajstić information content (AvgIpc) is 3.53. The van der Waals surface area contributed by atoms with Crippen molar-refractivity contribution >= 4 is 17.6 Å². The molecule has 2 aliphatic carbocycles. The van der Waals surface area contributed by atoms with Crippen LogP contribution in [0.2, 0.25) is 0 Å². The number of aryl methyl sites for hydroxylation is 2. The Morgan fingerprint density at radius 2 is 1.91 bits per heavy atom. The first kappa shape index (κ1) is 25.5. The van der Waals surface area contributed by atoms with Crippen LogP contribution in [0.25, 0.3) is 0 Å². The minimum Gasteiger partial charge on any atom is -0.469 e. The lowest BCUT2D eigenvalue weighted by Crippen LogP contribution is -2.24. The van der Waals surface area contributed by atoms with Gasteiger partial charge in [-0.3, -0.25) is 9.59 Å². The maximum Gasteiger partial charge on any atom is 0.305 e. The van der Waals surface area contributed by atoms with Gasteiger partial charge < -0.3 is 14.6 Å². The van der Waals surface area contributed by atoms with E-state index in [9.17, 15) is 9.59 Å². The largest absolute Gasteiger partial charge is 0.469 e. The molecule has 1 aromatic carbocycles. The van der Waals surface area contributed by atoms with Gasteiger partial charge >= 0.3 is 5.97 Å². The van der Waals surface area contributed by atoms with E-state index in [-0.39, 0.29) is 30.6 Å². The van der Waals surface area contributed by atoms with Crippen molar-refractivity contribution in [2.24, 2.45) is 11.8 Å². The molecule has 6 heteroatoms. The minimum absolute atomic E-state index is 0.0706. The van der Waals surface area contributed by atoms with E-state index < -0.39 is 0 Å². The van der Waals surface area contributed by atoms with Crippen LogP contribution in [-0.4, -0.2) is 24.1 Å². The van der Waals surface area contributed by atoms with Gasteiger partial charge in [0.05, 0.1) is 12.8 Å². The molecule has 1 aromatic heterocycles. The van der Waals surface area contributed by atoms with E-state index in [4.69, 9.17) is 9.26 Å². The van der Waals surface area contributed by atoms with E-state index in [1.54, 1.807) is 0 Å². The first-order valence-corrected chi connectivity index (χ1v) is 13.2. The SMILES string of the molecule is COC(=O)CC[C@@H](CC(=O)Nc1ccc(C)cc1C)c1noc([C@H]2C[C@@H](CC(C)C)C2)c1C1CC1. The molecule has 2 aliphatic rings. The van der Waals surface area contributed by atoms with E-state index in [2.05, 4.69) is 30.4 Å². The van der Waals surface area contributed by atoms with Crippen molar-refractivity contribution in [2.75, 3.05) is 12.4 Å². The van der Waals surface area contributed by atoms with Crippen molar-refractivity contribution in [1.29, 1.82) is 0 Å². The first-order chi connectivity index (χ1) is 16.7. The van der Waals surface area contributed by atoms with E-state index in [0.717, 1.165) is 59.9 Å². The molecule has 0 aliphatic heterocycles. The second kappa shape index (κ2) is 11.0. The van der Waals surface area contributed by atoms with E-state index in [1.165, 1.54) is 19.1 Å². The number of rotatable bonds is 11. The lowest BCUT2D eigenvalue weighted by Gasteiger charge is -2.35. The molecule has 2 aromatic rings. The summed E-state index contributed by atoms with van der Waals surface area (Å²) in [5.74, 6) is 2.90. The number of anilines is 1. The molecule has 0 bridgehead atoms. The smallest absolute Gasteiger partial charge is 0.305 e. The zero-order valence-corrected chi connectivity index (χ0v) is 21.9. The molecule has 0 unspecified atom stereocenters. The van der Waals surface area contributed by atoms with Crippen LogP contribution in [0.4, 0.5) is 5.69 Å². The summed E-state index contributed by atoms with van der Waals surface area (Å²) in [6.07, 6.45) is 6.89. The average molecular weight is 481 g/mol. The molecule has 6 nitrogen and oxygen atoms in total. The Balaban J connectivity index is 1.52. The predicted octanol–water partition coefficient (Wildman–Crippen LogP) is 6.77. The standard InChI is InChI=1S/C29H40N2O4/c1-17(2)12-20-14-23(15-20)29-27(21-7-8-21)28(31-35-29)22(9-11-26(33)34-5)16-25(32)30-24-10-6-18(3)13-19(24)4/h6,10,13,17,20-23H,7-9,11-12,14-16H2,1-5H3,(H,30,32)/t20-,22-,23+/m0/s1. The lowest BCUT2D eigenvalue weighted by molar-refractivity contribution is -0.141. The Bertz CT molecular complexity index is 1050. The van der Waals surface area contributed by atoms with Crippen LogP contribution in [0.15, 0.2) is 22.7 Å². The number of methoxy groups -OCH3 is 1. The number of benzene rings is 1. The van der Waals surface area contributed by atoms with Crippen molar-refractivity contribution in [3.05, 3.63) is 46.3 Å². The molecular formula is C29H40N2O4. The van der Waals surface area contributed by atoms with E-state index >= 15 is 0 Å². The highest BCUT2D eigenvalue weighted by Gasteiger charge is 2.41. The first-order valence-electron chi connectivity index (χ1n) is 13.2. The molecule has 2 fully saturated rings. The summed E-state index contributed by atoms with van der Waals surface area (Å²) in [5, 5.41) is 7.62. The van der Waals surface area contributed by atoms with Gasteiger partial charge in [-0.05, 0) is 81.8 Å². The summed E-state index contributed by atoms with van der Waals surface area (Å²) < 4.78 is 10.9. The molecule has 1 N–H and O–H groups in total. The number of nitrogens with zero attached hydrogens (tertiary/aromatic N) is 1. The maximum absolute atomic E-state index is 13.1. The normalized spacial score (nSPS) is 20.4. The van der Waals surface area contributed by atoms with Gasteiger partial charge in [0.1, 0.15) is 5.76 Å². The number of hydrogen-bond donors (Lipinski definition) is 1. The molecular weight excluding hydrogens is 440 g/mol. The number of amides is 1. The van der Waals surface area contributed by atoms with Gasteiger partial charge in [0.25, 0.3) is 0 Å². The lowest BCUT2D eigenvalue weighted by atomic mass is 9.69. The predicted molar refractivity (Wildman–Crippen MR) is 137 cm³/mol. The van der Waals surface area contributed by atoms with Crippen LogP contribution in [0.5, 0.6) is 0 Å². The molecule has 1 heterocycles. The molecule has 1 amide bonds. The highest BCUT2D eigenvalue weighted by atomic mass is 16.5. The number of carbonyl (C=O) groups excluding carboxylic acids is 2. The highest BCUT2D eigenvalue weighted by Crippen LogP contribution is 2.52. The summed E-state index contributed by atoms with van der Waals surface area (Å²) in [5.41, 5.74) is 5.13. The van der Waals surface area contributed by atoms with Crippen molar-refractivity contribution in [3.8, 4) is 0 Å². The fourth-order valence-corrected chi connectivity index (χ4v) is 5.61. The highest BCUT2D eigenvalue weighted by molar-refractivity contribution is 5.92. The maximum atomic E-state index is 13.1. The number of nitrogens with one attached hydrogen (secondary N) is 1. The molecule has 2 saturated carbocycles. The van der Waals surface area contributed by atoms with Gasteiger partial charge in [0.15, 0.2) is 0 Å². The third-order valence-corrected chi connectivity index (χ3v) is 7.58. The van der Waals surface area contributed by atoms with Crippen LogP contribution < -0.4 is 5.32 Å². The van der Waals surface area contributed by atoms with Crippen LogP contribution in [0.1, 0.15) is 111 Å². The molecule has 0 radical (unpaired) electrons. The third kappa shape index (κ3) is 6.33. The third-order valence-electron chi connectivity index (χ3n) is 7.58. The van der Waals surface area contributed by atoms with E-state index in [0.29, 0.717) is 24.2 Å². The molecule has 0 spiro atoms. The van der Waals surface area contributed by atoms with Gasteiger partial charge in [0.2, 0.25) is 5.91 Å². The summed E-state index contributed by atoms with van der Waals surface area (Å²) in [4.78, 5) is 25.1. The van der Waals surface area contributed by atoms with Crippen LogP contribution in [0.3, 0.4) is 0 Å². The fourth-order valence-electron chi connectivity index (χ4n) is 5.61. The second-order valence-corrected chi connectivity index (χ2v) is 11.2. The zero-order valence-electron chi connectivity index (χ0n) is 21.9.